The minimum Gasteiger partial charge on any atom is -0.391 e. The van der Waals surface area contributed by atoms with Crippen molar-refractivity contribution in [2.45, 2.75) is 71.7 Å². The molecule has 3 N–H and O–H groups in total. The Hall–Kier alpha value is -3.29. The van der Waals surface area contributed by atoms with Crippen LogP contribution in [0.2, 0.25) is 0 Å². The number of likely N-dealkylation sites (tertiary alicyclic amines) is 1. The molecule has 196 valence electrons. The number of rotatable bonds is 7. The summed E-state index contributed by atoms with van der Waals surface area (Å²) in [6.45, 7) is 7.71. The molecule has 0 spiro atoms. The number of benzene rings is 1. The maximum Gasteiger partial charge on any atom is 0.246 e. The van der Waals surface area contributed by atoms with Gasteiger partial charge in [0.1, 0.15) is 17.5 Å². The number of aromatic nitrogens is 1. The normalized spacial score (nSPS) is 21.1. The highest BCUT2D eigenvalue weighted by Crippen LogP contribution is 2.45. The zero-order valence-electron chi connectivity index (χ0n) is 21.6. The van der Waals surface area contributed by atoms with Crippen molar-refractivity contribution in [3.8, 4) is 16.5 Å². The lowest BCUT2D eigenvalue weighted by molar-refractivity contribution is -0.144. The van der Waals surface area contributed by atoms with E-state index in [9.17, 15) is 24.8 Å². The minimum absolute atomic E-state index is 0.00562. The Morgan fingerprint density at radius 3 is 2.49 bits per heavy atom. The first-order valence-electron chi connectivity index (χ1n) is 12.4. The van der Waals surface area contributed by atoms with Gasteiger partial charge in [0, 0.05) is 19.5 Å². The Bertz CT molecular complexity index is 1220. The van der Waals surface area contributed by atoms with Crippen molar-refractivity contribution in [2.24, 2.45) is 10.8 Å². The van der Waals surface area contributed by atoms with Crippen LogP contribution in [0.5, 0.6) is 0 Å². The summed E-state index contributed by atoms with van der Waals surface area (Å²) in [6, 6.07) is 8.12. The van der Waals surface area contributed by atoms with Crippen molar-refractivity contribution in [3.05, 3.63) is 41.0 Å². The monoisotopic (exact) mass is 523 g/mol. The van der Waals surface area contributed by atoms with Crippen LogP contribution in [0.25, 0.3) is 10.4 Å². The summed E-state index contributed by atoms with van der Waals surface area (Å²) in [7, 11) is 0. The second-order valence-electron chi connectivity index (χ2n) is 11.0. The van der Waals surface area contributed by atoms with Crippen LogP contribution >= 0.6 is 11.3 Å². The van der Waals surface area contributed by atoms with Gasteiger partial charge in [-0.25, -0.2) is 4.98 Å². The first-order valence-corrected chi connectivity index (χ1v) is 13.3. The van der Waals surface area contributed by atoms with Gasteiger partial charge < -0.3 is 20.6 Å². The van der Waals surface area contributed by atoms with Crippen LogP contribution in [0.3, 0.4) is 0 Å². The number of hydrogen-bond donors (Lipinski definition) is 3. The number of carbonyl (C=O) groups is 3. The second-order valence-corrected chi connectivity index (χ2v) is 11.9. The van der Waals surface area contributed by atoms with Crippen molar-refractivity contribution in [1.29, 1.82) is 5.26 Å². The molecule has 1 aromatic heterocycles. The maximum absolute atomic E-state index is 13.6. The lowest BCUT2D eigenvalue weighted by Crippen LogP contribution is -2.58. The molecule has 1 saturated carbocycles. The van der Waals surface area contributed by atoms with E-state index in [1.807, 2.05) is 57.5 Å². The first kappa shape index (κ1) is 26.8. The number of hydrogen-bond acceptors (Lipinski definition) is 7. The lowest BCUT2D eigenvalue weighted by Gasteiger charge is -2.35. The van der Waals surface area contributed by atoms with Gasteiger partial charge in [-0.3, -0.25) is 14.4 Å². The molecular formula is C27H33N5O4S. The Balaban J connectivity index is 1.43. The van der Waals surface area contributed by atoms with Crippen LogP contribution in [-0.4, -0.2) is 57.4 Å². The molecule has 3 amide bonds. The Labute approximate surface area is 220 Å². The molecule has 1 aliphatic heterocycles. The molecule has 37 heavy (non-hydrogen) atoms. The van der Waals surface area contributed by atoms with Crippen LogP contribution in [0.4, 0.5) is 0 Å². The standard InChI is InChI=1S/C27H33N5O4S/c1-16-21(37-15-30-16)18-7-5-17(6-8-18)12-29-23(34)20-11-19(33)13-32(20)24(35)22(26(2,3)4)31-25(36)27(14-28)9-10-27/h5-8,15,19-20,22,33H,9-13H2,1-4H3,(H,29,34)(H,31,36)/t19-,20-,22+/m0/s1. The van der Waals surface area contributed by atoms with Crippen LogP contribution in [0.15, 0.2) is 29.8 Å². The number of nitrogens with one attached hydrogen (secondary N) is 2. The van der Waals surface area contributed by atoms with E-state index in [-0.39, 0.29) is 25.4 Å². The largest absolute Gasteiger partial charge is 0.391 e. The minimum atomic E-state index is -1.07. The average Bonchev–Trinajstić information content (AvgIpc) is 3.40. The fourth-order valence-corrected chi connectivity index (χ4v) is 5.38. The summed E-state index contributed by atoms with van der Waals surface area (Å²) >= 11 is 1.58. The van der Waals surface area contributed by atoms with Crippen molar-refractivity contribution in [2.75, 3.05) is 6.54 Å². The summed E-state index contributed by atoms with van der Waals surface area (Å²) in [4.78, 5) is 46.2. The molecule has 10 heteroatoms. The van der Waals surface area contributed by atoms with E-state index >= 15 is 0 Å². The summed E-state index contributed by atoms with van der Waals surface area (Å²) in [6.07, 6.45) is 0.220. The maximum atomic E-state index is 13.6. The van der Waals surface area contributed by atoms with Crippen LogP contribution < -0.4 is 10.6 Å². The van der Waals surface area contributed by atoms with E-state index in [2.05, 4.69) is 21.7 Å². The highest BCUT2D eigenvalue weighted by Gasteiger charge is 2.53. The molecule has 9 nitrogen and oxygen atoms in total. The van der Waals surface area contributed by atoms with Crippen LogP contribution in [0, 0.1) is 29.1 Å². The Morgan fingerprint density at radius 1 is 1.27 bits per heavy atom. The van der Waals surface area contributed by atoms with E-state index in [0.29, 0.717) is 12.8 Å². The third-order valence-electron chi connectivity index (χ3n) is 7.08. The lowest BCUT2D eigenvalue weighted by atomic mass is 9.85. The van der Waals surface area contributed by atoms with Gasteiger partial charge in [-0.1, -0.05) is 45.0 Å². The van der Waals surface area contributed by atoms with E-state index in [1.54, 1.807) is 11.3 Å². The molecule has 2 fully saturated rings. The van der Waals surface area contributed by atoms with Crippen LogP contribution in [0.1, 0.15) is 51.3 Å². The number of β-amino-alcohol motifs (C(OH)–C–C–N with tert-alkyl or cyclic N) is 1. The SMILES string of the molecule is Cc1ncsc1-c1ccc(CNC(=O)[C@@H]2C[C@H](O)CN2C(=O)[C@@H](NC(=O)C2(C#N)CC2)C(C)(C)C)cc1. The van der Waals surface area contributed by atoms with Gasteiger partial charge >= 0.3 is 0 Å². The summed E-state index contributed by atoms with van der Waals surface area (Å²) in [5.41, 5.74) is 3.02. The quantitative estimate of drug-likeness (QED) is 0.510. The number of aliphatic hydroxyl groups is 1. The van der Waals surface area contributed by atoms with Gasteiger partial charge in [0.05, 0.1) is 28.3 Å². The smallest absolute Gasteiger partial charge is 0.246 e. The van der Waals surface area contributed by atoms with Gasteiger partial charge in [0.2, 0.25) is 17.7 Å². The number of amides is 3. The molecule has 1 aromatic carbocycles. The van der Waals surface area contributed by atoms with E-state index in [1.165, 1.54) is 4.90 Å². The summed E-state index contributed by atoms with van der Waals surface area (Å²) < 4.78 is 0. The van der Waals surface area contributed by atoms with Crippen molar-refractivity contribution in [1.82, 2.24) is 20.5 Å². The third kappa shape index (κ3) is 5.68. The van der Waals surface area contributed by atoms with Gasteiger partial charge in [-0.05, 0) is 36.3 Å². The van der Waals surface area contributed by atoms with E-state index in [0.717, 1.165) is 21.7 Å². The fraction of sp³-hybridized carbons (Fsp3) is 0.519. The van der Waals surface area contributed by atoms with Crippen molar-refractivity contribution >= 4 is 29.1 Å². The molecule has 0 bridgehead atoms. The van der Waals surface area contributed by atoms with Crippen molar-refractivity contribution < 1.29 is 19.5 Å². The molecule has 2 heterocycles. The zero-order chi connectivity index (χ0) is 27.0. The highest BCUT2D eigenvalue weighted by molar-refractivity contribution is 7.13. The number of nitrogens with zero attached hydrogens (tertiary/aromatic N) is 3. The average molecular weight is 524 g/mol. The van der Waals surface area contributed by atoms with Gasteiger partial charge in [0.25, 0.3) is 0 Å². The molecular weight excluding hydrogens is 490 g/mol. The number of aliphatic hydroxyl groups excluding tert-OH is 1. The second kappa shape index (κ2) is 10.2. The van der Waals surface area contributed by atoms with Gasteiger partial charge in [-0.2, -0.15) is 5.26 Å². The number of nitriles is 1. The summed E-state index contributed by atoms with van der Waals surface area (Å²) in [5.74, 6) is -1.25. The zero-order valence-corrected chi connectivity index (χ0v) is 22.4. The molecule has 3 atom stereocenters. The molecule has 4 rings (SSSR count). The third-order valence-corrected chi connectivity index (χ3v) is 8.06. The first-order chi connectivity index (χ1) is 17.4. The van der Waals surface area contributed by atoms with Gasteiger partial charge in [0.15, 0.2) is 0 Å². The van der Waals surface area contributed by atoms with Crippen molar-refractivity contribution in [3.63, 3.8) is 0 Å². The number of thiazole rings is 1. The molecule has 2 aromatic rings. The number of carbonyl (C=O) groups excluding carboxylic acids is 3. The fourth-order valence-electron chi connectivity index (χ4n) is 4.56. The van der Waals surface area contributed by atoms with Crippen LogP contribution in [-0.2, 0) is 20.9 Å². The Kier molecular flexibility index (Phi) is 7.40. The highest BCUT2D eigenvalue weighted by atomic mass is 32.1. The number of aryl methyl sites for hydroxylation is 1. The molecule has 0 radical (unpaired) electrons. The predicted molar refractivity (Wildman–Crippen MR) is 139 cm³/mol. The topological polar surface area (TPSA) is 135 Å². The predicted octanol–water partition coefficient (Wildman–Crippen LogP) is 2.53. The van der Waals surface area contributed by atoms with E-state index < -0.39 is 40.8 Å². The Morgan fingerprint density at radius 2 is 1.95 bits per heavy atom. The van der Waals surface area contributed by atoms with Gasteiger partial charge in [-0.15, -0.1) is 11.3 Å². The molecule has 0 unspecified atom stereocenters. The molecule has 2 aliphatic rings. The molecule has 1 aliphatic carbocycles. The molecule has 1 saturated heterocycles. The van der Waals surface area contributed by atoms with E-state index in [4.69, 9.17) is 0 Å². The summed E-state index contributed by atoms with van der Waals surface area (Å²) in [5, 5.41) is 25.4.